The molecule has 0 radical (unpaired) electrons. The lowest BCUT2D eigenvalue weighted by Crippen LogP contribution is -2.61. The minimum Gasteiger partial charge on any atom is -0.314 e. The first-order valence-electron chi connectivity index (χ1n) is 7.29. The Hall–Kier alpha value is -0.320. The molecule has 2 saturated heterocycles. The summed E-state index contributed by atoms with van der Waals surface area (Å²) in [5.41, 5.74) is 1.25. The molecule has 5 heteroatoms. The standard InChI is InChI=1S/C15H21Cl2N3/c1-11(12-2-3-14(16)15(17)8-12)19-4-6-20(7-5-19)13-9-18-10-13/h2-3,8,11,13,18H,4-7,9-10H2,1H3. The molecule has 110 valence electrons. The van der Waals surface area contributed by atoms with Gasteiger partial charge in [0.1, 0.15) is 0 Å². The molecular weight excluding hydrogens is 293 g/mol. The summed E-state index contributed by atoms with van der Waals surface area (Å²) in [5.74, 6) is 0. The molecular formula is C15H21Cl2N3. The molecule has 1 N–H and O–H groups in total. The van der Waals surface area contributed by atoms with Crippen LogP contribution in [0, 0.1) is 0 Å². The third-order valence-electron chi connectivity index (χ3n) is 4.60. The zero-order chi connectivity index (χ0) is 14.1. The normalized spacial score (nSPS) is 23.6. The van der Waals surface area contributed by atoms with Crippen molar-refractivity contribution in [3.05, 3.63) is 33.8 Å². The Morgan fingerprint density at radius 3 is 2.35 bits per heavy atom. The Morgan fingerprint density at radius 1 is 1.10 bits per heavy atom. The van der Waals surface area contributed by atoms with Crippen LogP contribution in [0.3, 0.4) is 0 Å². The number of halogens is 2. The van der Waals surface area contributed by atoms with E-state index in [2.05, 4.69) is 28.1 Å². The van der Waals surface area contributed by atoms with Gasteiger partial charge in [-0.2, -0.15) is 0 Å². The maximum Gasteiger partial charge on any atom is 0.0595 e. The molecule has 0 spiro atoms. The largest absolute Gasteiger partial charge is 0.314 e. The van der Waals surface area contributed by atoms with Crippen molar-refractivity contribution in [1.29, 1.82) is 0 Å². The lowest BCUT2D eigenvalue weighted by atomic mass is 10.0. The molecule has 2 aliphatic heterocycles. The zero-order valence-electron chi connectivity index (χ0n) is 11.8. The van der Waals surface area contributed by atoms with Crippen LogP contribution in [0.25, 0.3) is 0 Å². The number of hydrogen-bond acceptors (Lipinski definition) is 3. The molecule has 2 aliphatic rings. The lowest BCUT2D eigenvalue weighted by Gasteiger charge is -2.44. The summed E-state index contributed by atoms with van der Waals surface area (Å²) in [7, 11) is 0. The maximum absolute atomic E-state index is 6.12. The Bertz CT molecular complexity index is 468. The number of nitrogens with zero attached hydrogens (tertiary/aromatic N) is 2. The highest BCUT2D eigenvalue weighted by Gasteiger charge is 2.29. The van der Waals surface area contributed by atoms with E-state index in [1.165, 1.54) is 5.56 Å². The first-order chi connectivity index (χ1) is 9.65. The van der Waals surface area contributed by atoms with Crippen molar-refractivity contribution >= 4 is 23.2 Å². The van der Waals surface area contributed by atoms with E-state index < -0.39 is 0 Å². The summed E-state index contributed by atoms with van der Waals surface area (Å²) in [6.45, 7) is 9.14. The molecule has 3 rings (SSSR count). The van der Waals surface area contributed by atoms with Crippen LogP contribution in [0.2, 0.25) is 10.0 Å². The van der Waals surface area contributed by atoms with E-state index >= 15 is 0 Å². The van der Waals surface area contributed by atoms with Crippen LogP contribution in [-0.4, -0.2) is 55.1 Å². The van der Waals surface area contributed by atoms with Gasteiger partial charge in [0, 0.05) is 51.4 Å². The van der Waals surface area contributed by atoms with Crippen LogP contribution in [0.1, 0.15) is 18.5 Å². The second kappa shape index (κ2) is 6.20. The van der Waals surface area contributed by atoms with Crippen LogP contribution >= 0.6 is 23.2 Å². The van der Waals surface area contributed by atoms with Gasteiger partial charge in [-0.25, -0.2) is 0 Å². The minimum atomic E-state index is 0.395. The van der Waals surface area contributed by atoms with Crippen LogP contribution in [0.15, 0.2) is 18.2 Å². The number of hydrogen-bond donors (Lipinski definition) is 1. The highest BCUT2D eigenvalue weighted by atomic mass is 35.5. The highest BCUT2D eigenvalue weighted by Crippen LogP contribution is 2.28. The molecule has 0 aromatic heterocycles. The van der Waals surface area contributed by atoms with Crippen molar-refractivity contribution in [3.63, 3.8) is 0 Å². The van der Waals surface area contributed by atoms with Crippen LogP contribution in [0.5, 0.6) is 0 Å². The fourth-order valence-electron chi connectivity index (χ4n) is 3.00. The second-order valence-electron chi connectivity index (χ2n) is 5.73. The quantitative estimate of drug-likeness (QED) is 0.925. The number of rotatable bonds is 3. The fourth-order valence-corrected chi connectivity index (χ4v) is 3.31. The van der Waals surface area contributed by atoms with Crippen LogP contribution < -0.4 is 5.32 Å². The fraction of sp³-hybridized carbons (Fsp3) is 0.600. The summed E-state index contributed by atoms with van der Waals surface area (Å²) in [6.07, 6.45) is 0. The zero-order valence-corrected chi connectivity index (χ0v) is 13.3. The van der Waals surface area contributed by atoms with E-state index in [9.17, 15) is 0 Å². The smallest absolute Gasteiger partial charge is 0.0595 e. The first kappa shape index (κ1) is 14.6. The van der Waals surface area contributed by atoms with Crippen molar-refractivity contribution in [2.24, 2.45) is 0 Å². The van der Waals surface area contributed by atoms with Gasteiger partial charge < -0.3 is 5.32 Å². The van der Waals surface area contributed by atoms with Gasteiger partial charge in [-0.1, -0.05) is 29.3 Å². The summed E-state index contributed by atoms with van der Waals surface area (Å²) >= 11 is 12.1. The molecule has 1 unspecified atom stereocenters. The van der Waals surface area contributed by atoms with E-state index in [0.717, 1.165) is 45.3 Å². The Labute approximate surface area is 130 Å². The van der Waals surface area contributed by atoms with Gasteiger partial charge in [0.2, 0.25) is 0 Å². The van der Waals surface area contributed by atoms with Gasteiger partial charge in [0.25, 0.3) is 0 Å². The van der Waals surface area contributed by atoms with E-state index in [1.807, 2.05) is 12.1 Å². The topological polar surface area (TPSA) is 18.5 Å². The molecule has 0 saturated carbocycles. The second-order valence-corrected chi connectivity index (χ2v) is 6.55. The molecule has 3 nitrogen and oxygen atoms in total. The van der Waals surface area contributed by atoms with Crippen molar-refractivity contribution in [3.8, 4) is 0 Å². The van der Waals surface area contributed by atoms with Gasteiger partial charge in [-0.3, -0.25) is 9.80 Å². The summed E-state index contributed by atoms with van der Waals surface area (Å²) in [6, 6.07) is 7.13. The molecule has 0 bridgehead atoms. The van der Waals surface area contributed by atoms with E-state index in [1.54, 1.807) is 0 Å². The molecule has 2 heterocycles. The van der Waals surface area contributed by atoms with Gasteiger partial charge in [-0.05, 0) is 24.6 Å². The van der Waals surface area contributed by atoms with Gasteiger partial charge in [0.05, 0.1) is 10.0 Å². The first-order valence-corrected chi connectivity index (χ1v) is 8.04. The average Bonchev–Trinajstić information content (AvgIpc) is 2.40. The Morgan fingerprint density at radius 2 is 1.80 bits per heavy atom. The predicted molar refractivity (Wildman–Crippen MR) is 84.7 cm³/mol. The van der Waals surface area contributed by atoms with Crippen LogP contribution in [-0.2, 0) is 0 Å². The van der Waals surface area contributed by atoms with Gasteiger partial charge in [-0.15, -0.1) is 0 Å². The van der Waals surface area contributed by atoms with Crippen molar-refractivity contribution in [2.75, 3.05) is 39.3 Å². The van der Waals surface area contributed by atoms with E-state index in [0.29, 0.717) is 16.1 Å². The van der Waals surface area contributed by atoms with Crippen molar-refractivity contribution in [1.82, 2.24) is 15.1 Å². The molecule has 1 atom stereocenters. The third-order valence-corrected chi connectivity index (χ3v) is 5.34. The van der Waals surface area contributed by atoms with E-state index in [4.69, 9.17) is 23.2 Å². The van der Waals surface area contributed by atoms with E-state index in [-0.39, 0.29) is 0 Å². The molecule has 2 fully saturated rings. The average molecular weight is 314 g/mol. The number of benzene rings is 1. The predicted octanol–water partition coefficient (Wildman–Crippen LogP) is 2.64. The molecule has 1 aromatic rings. The number of nitrogens with one attached hydrogen (secondary N) is 1. The molecule has 0 aliphatic carbocycles. The molecule has 0 amide bonds. The van der Waals surface area contributed by atoms with Gasteiger partial charge in [0.15, 0.2) is 0 Å². The third kappa shape index (κ3) is 2.97. The number of piperazine rings is 1. The Kier molecular flexibility index (Phi) is 4.53. The lowest BCUT2D eigenvalue weighted by molar-refractivity contribution is 0.0552. The monoisotopic (exact) mass is 313 g/mol. The summed E-state index contributed by atoms with van der Waals surface area (Å²) in [5, 5.41) is 4.63. The SMILES string of the molecule is CC(c1ccc(Cl)c(Cl)c1)N1CCN(C2CNC2)CC1. The molecule has 1 aromatic carbocycles. The molecule has 20 heavy (non-hydrogen) atoms. The summed E-state index contributed by atoms with van der Waals surface area (Å²) < 4.78 is 0. The van der Waals surface area contributed by atoms with Crippen molar-refractivity contribution < 1.29 is 0 Å². The summed E-state index contributed by atoms with van der Waals surface area (Å²) in [4.78, 5) is 5.14. The van der Waals surface area contributed by atoms with Crippen molar-refractivity contribution in [2.45, 2.75) is 19.0 Å². The van der Waals surface area contributed by atoms with Crippen LogP contribution in [0.4, 0.5) is 0 Å². The highest BCUT2D eigenvalue weighted by molar-refractivity contribution is 6.42. The maximum atomic E-state index is 6.12. The Balaban J connectivity index is 1.60. The minimum absolute atomic E-state index is 0.395. The van der Waals surface area contributed by atoms with Gasteiger partial charge >= 0.3 is 0 Å².